The van der Waals surface area contributed by atoms with Gasteiger partial charge in [-0.1, -0.05) is 32.0 Å². The molecule has 1 amide bonds. The lowest BCUT2D eigenvalue weighted by molar-refractivity contribution is 0.103. The largest absolute Gasteiger partial charge is 0.321 e. The summed E-state index contributed by atoms with van der Waals surface area (Å²) in [5.41, 5.74) is 1.92. The lowest BCUT2D eigenvalue weighted by Gasteiger charge is -2.13. The summed E-state index contributed by atoms with van der Waals surface area (Å²) in [6, 6.07) is 11.4. The third-order valence-corrected chi connectivity index (χ3v) is 5.32. The number of para-hydroxylation sites is 1. The topological polar surface area (TPSA) is 75.3 Å². The van der Waals surface area contributed by atoms with Gasteiger partial charge in [0, 0.05) is 17.1 Å². The van der Waals surface area contributed by atoms with Crippen LogP contribution in [0.5, 0.6) is 0 Å². The molecule has 2 aromatic rings. The minimum absolute atomic E-state index is 0.143. The van der Waals surface area contributed by atoms with E-state index in [4.69, 9.17) is 0 Å². The van der Waals surface area contributed by atoms with Gasteiger partial charge in [-0.25, -0.2) is 13.1 Å². The summed E-state index contributed by atoms with van der Waals surface area (Å²) in [7, 11) is -3.18. The molecule has 1 heterocycles. The third kappa shape index (κ3) is 5.43. The Labute approximate surface area is 147 Å². The molecular weight excluding hydrogens is 344 g/mol. The number of carbonyl (C=O) groups is 1. The van der Waals surface area contributed by atoms with Crippen LogP contribution in [0.1, 0.15) is 39.9 Å². The molecule has 0 radical (unpaired) electrons. The van der Waals surface area contributed by atoms with Gasteiger partial charge in [0.2, 0.25) is 10.0 Å². The first-order valence-corrected chi connectivity index (χ1v) is 10.4. The van der Waals surface area contributed by atoms with E-state index in [0.29, 0.717) is 23.8 Å². The Morgan fingerprint density at radius 2 is 1.88 bits per heavy atom. The zero-order valence-corrected chi connectivity index (χ0v) is 15.6. The van der Waals surface area contributed by atoms with Crippen molar-refractivity contribution in [3.63, 3.8) is 0 Å². The number of hydrogen-bond acceptors (Lipinski definition) is 4. The standard InChI is InChI=1S/C17H22N2O3S2/c1-12(2)14-6-4-5-7-15(14)19-17(20)16-9-8-13(23-16)10-11-18-24(3,21)22/h4-9,12,18H,10-11H2,1-3H3,(H,19,20). The Morgan fingerprint density at radius 1 is 1.17 bits per heavy atom. The summed E-state index contributed by atoms with van der Waals surface area (Å²) in [6.07, 6.45) is 1.69. The molecule has 2 N–H and O–H groups in total. The minimum Gasteiger partial charge on any atom is -0.321 e. The van der Waals surface area contributed by atoms with Crippen molar-refractivity contribution >= 4 is 33.0 Å². The van der Waals surface area contributed by atoms with Crippen LogP contribution in [0.3, 0.4) is 0 Å². The fraction of sp³-hybridized carbons (Fsp3) is 0.353. The molecule has 24 heavy (non-hydrogen) atoms. The first-order valence-electron chi connectivity index (χ1n) is 7.70. The lowest BCUT2D eigenvalue weighted by Crippen LogP contribution is -2.24. The van der Waals surface area contributed by atoms with Gasteiger partial charge in [0.05, 0.1) is 11.1 Å². The SMILES string of the molecule is CC(C)c1ccccc1NC(=O)c1ccc(CCNS(C)(=O)=O)s1. The average Bonchev–Trinajstić information content (AvgIpc) is 2.95. The fourth-order valence-corrected chi connectivity index (χ4v) is 3.67. The van der Waals surface area contributed by atoms with Crippen LogP contribution in [-0.2, 0) is 16.4 Å². The highest BCUT2D eigenvalue weighted by molar-refractivity contribution is 7.88. The zero-order chi connectivity index (χ0) is 17.7. The molecule has 0 aliphatic rings. The van der Waals surface area contributed by atoms with E-state index in [9.17, 15) is 13.2 Å². The molecule has 0 spiro atoms. The van der Waals surface area contributed by atoms with Crippen molar-refractivity contribution in [1.82, 2.24) is 4.72 Å². The summed E-state index contributed by atoms with van der Waals surface area (Å²) in [5, 5.41) is 2.96. The van der Waals surface area contributed by atoms with Crippen molar-refractivity contribution in [3.05, 3.63) is 51.7 Å². The van der Waals surface area contributed by atoms with E-state index >= 15 is 0 Å². The van der Waals surface area contributed by atoms with E-state index in [-0.39, 0.29) is 5.91 Å². The Balaban J connectivity index is 2.01. The summed E-state index contributed by atoms with van der Waals surface area (Å²) >= 11 is 1.38. The second-order valence-electron chi connectivity index (χ2n) is 5.88. The number of sulfonamides is 1. The quantitative estimate of drug-likeness (QED) is 0.790. The summed E-state index contributed by atoms with van der Waals surface area (Å²) in [4.78, 5) is 14.0. The van der Waals surface area contributed by atoms with Gasteiger partial charge in [-0.3, -0.25) is 4.79 Å². The van der Waals surface area contributed by atoms with Crippen LogP contribution in [-0.4, -0.2) is 27.1 Å². The number of anilines is 1. The Hall–Kier alpha value is -1.70. The molecule has 0 fully saturated rings. The maximum absolute atomic E-state index is 12.4. The highest BCUT2D eigenvalue weighted by atomic mass is 32.2. The number of nitrogens with one attached hydrogen (secondary N) is 2. The Morgan fingerprint density at radius 3 is 2.54 bits per heavy atom. The van der Waals surface area contributed by atoms with Crippen LogP contribution in [0.2, 0.25) is 0 Å². The fourth-order valence-electron chi connectivity index (χ4n) is 2.29. The monoisotopic (exact) mass is 366 g/mol. The molecule has 1 aromatic heterocycles. The average molecular weight is 367 g/mol. The van der Waals surface area contributed by atoms with Crippen molar-refractivity contribution in [2.45, 2.75) is 26.2 Å². The molecule has 0 aliphatic heterocycles. The normalized spacial score (nSPS) is 11.7. The molecule has 0 atom stereocenters. The molecule has 5 nitrogen and oxygen atoms in total. The number of benzene rings is 1. The van der Waals surface area contributed by atoms with E-state index < -0.39 is 10.0 Å². The minimum atomic E-state index is -3.18. The molecule has 7 heteroatoms. The maximum atomic E-state index is 12.4. The maximum Gasteiger partial charge on any atom is 0.265 e. The summed E-state index contributed by atoms with van der Waals surface area (Å²) in [5.74, 6) is 0.179. The highest BCUT2D eigenvalue weighted by Gasteiger charge is 2.13. The Bertz CT molecular complexity index is 811. The van der Waals surface area contributed by atoms with Crippen LogP contribution in [0.25, 0.3) is 0 Å². The molecule has 2 rings (SSSR count). The van der Waals surface area contributed by atoms with Gasteiger partial charge in [0.15, 0.2) is 0 Å². The van der Waals surface area contributed by atoms with E-state index in [1.807, 2.05) is 30.3 Å². The van der Waals surface area contributed by atoms with E-state index in [2.05, 4.69) is 23.9 Å². The molecule has 0 saturated carbocycles. The van der Waals surface area contributed by atoms with Crippen LogP contribution >= 0.6 is 11.3 Å². The van der Waals surface area contributed by atoms with Crippen LogP contribution in [0.15, 0.2) is 36.4 Å². The van der Waals surface area contributed by atoms with Crippen molar-refractivity contribution in [1.29, 1.82) is 0 Å². The predicted octanol–water partition coefficient (Wildman–Crippen LogP) is 3.22. The van der Waals surface area contributed by atoms with Crippen molar-refractivity contribution in [3.8, 4) is 0 Å². The van der Waals surface area contributed by atoms with Gasteiger partial charge in [0.1, 0.15) is 0 Å². The predicted molar refractivity (Wildman–Crippen MR) is 99.4 cm³/mol. The van der Waals surface area contributed by atoms with E-state index in [1.165, 1.54) is 11.3 Å². The van der Waals surface area contributed by atoms with Crippen LogP contribution in [0.4, 0.5) is 5.69 Å². The first kappa shape index (κ1) is 18.6. The molecule has 0 bridgehead atoms. The highest BCUT2D eigenvalue weighted by Crippen LogP contribution is 2.25. The van der Waals surface area contributed by atoms with E-state index in [1.54, 1.807) is 6.07 Å². The second kappa shape index (κ2) is 7.92. The van der Waals surface area contributed by atoms with Crippen molar-refractivity contribution in [2.24, 2.45) is 0 Å². The van der Waals surface area contributed by atoms with E-state index in [0.717, 1.165) is 22.4 Å². The number of hydrogen-bond donors (Lipinski definition) is 2. The lowest BCUT2D eigenvalue weighted by atomic mass is 10.0. The van der Waals surface area contributed by atoms with Gasteiger partial charge < -0.3 is 5.32 Å². The van der Waals surface area contributed by atoms with Gasteiger partial charge in [-0.2, -0.15) is 0 Å². The number of thiophene rings is 1. The Kier molecular flexibility index (Phi) is 6.15. The third-order valence-electron chi connectivity index (χ3n) is 3.45. The van der Waals surface area contributed by atoms with Gasteiger partial charge >= 0.3 is 0 Å². The molecule has 130 valence electrons. The second-order valence-corrected chi connectivity index (χ2v) is 8.88. The van der Waals surface area contributed by atoms with Gasteiger partial charge in [-0.05, 0) is 36.1 Å². The van der Waals surface area contributed by atoms with Crippen LogP contribution < -0.4 is 10.0 Å². The first-order chi connectivity index (χ1) is 11.3. The number of amides is 1. The van der Waals surface area contributed by atoms with Gasteiger partial charge in [0.25, 0.3) is 5.91 Å². The zero-order valence-electron chi connectivity index (χ0n) is 14.0. The van der Waals surface area contributed by atoms with Crippen molar-refractivity contribution in [2.75, 3.05) is 18.1 Å². The number of rotatable bonds is 7. The molecule has 0 unspecified atom stereocenters. The summed E-state index contributed by atoms with van der Waals surface area (Å²) in [6.45, 7) is 4.50. The molecular formula is C17H22N2O3S2. The molecule has 0 saturated heterocycles. The van der Waals surface area contributed by atoms with Crippen molar-refractivity contribution < 1.29 is 13.2 Å². The number of carbonyl (C=O) groups excluding carboxylic acids is 1. The van der Waals surface area contributed by atoms with Crippen LogP contribution in [0, 0.1) is 0 Å². The molecule has 0 aliphatic carbocycles. The molecule has 1 aromatic carbocycles. The van der Waals surface area contributed by atoms with Gasteiger partial charge in [-0.15, -0.1) is 11.3 Å². The smallest absolute Gasteiger partial charge is 0.265 e. The summed E-state index contributed by atoms with van der Waals surface area (Å²) < 4.78 is 24.6.